The Morgan fingerprint density at radius 3 is 1.76 bits per heavy atom. The zero-order chi connectivity index (χ0) is 13.3. The standard InChI is InChI=1S/C9H12.C7H17N/c1-7-4-5-8(2)9(3)6-7;1-4-6-8(3)7-5-2/h4-6H,1-3H3;4-7H2,1-3H3. The van der Waals surface area contributed by atoms with Crippen molar-refractivity contribution in [3.63, 3.8) is 0 Å². The average molecular weight is 235 g/mol. The fourth-order valence-electron chi connectivity index (χ4n) is 1.77. The molecule has 1 heteroatoms. The fourth-order valence-corrected chi connectivity index (χ4v) is 1.77. The number of aryl methyl sites for hydroxylation is 3. The van der Waals surface area contributed by atoms with Crippen LogP contribution in [0, 0.1) is 20.8 Å². The molecular weight excluding hydrogens is 206 g/mol. The highest BCUT2D eigenvalue weighted by Gasteiger charge is 1.90. The molecule has 0 aromatic heterocycles. The van der Waals surface area contributed by atoms with Gasteiger partial charge in [-0.15, -0.1) is 0 Å². The maximum atomic E-state index is 2.36. The molecule has 0 aliphatic heterocycles. The summed E-state index contributed by atoms with van der Waals surface area (Å²) < 4.78 is 0. The van der Waals surface area contributed by atoms with Crippen LogP contribution in [-0.4, -0.2) is 25.0 Å². The van der Waals surface area contributed by atoms with E-state index < -0.39 is 0 Å². The molecule has 0 N–H and O–H groups in total. The molecule has 1 nitrogen and oxygen atoms in total. The second-order valence-corrected chi connectivity index (χ2v) is 4.89. The van der Waals surface area contributed by atoms with Crippen molar-refractivity contribution < 1.29 is 0 Å². The Bertz CT molecular complexity index is 298. The minimum absolute atomic E-state index is 1.24. The summed E-state index contributed by atoms with van der Waals surface area (Å²) in [4.78, 5) is 2.36. The Hall–Kier alpha value is -0.820. The summed E-state index contributed by atoms with van der Waals surface area (Å²) in [6.45, 7) is 13.3. The number of rotatable bonds is 4. The minimum Gasteiger partial charge on any atom is -0.306 e. The molecule has 98 valence electrons. The van der Waals surface area contributed by atoms with Gasteiger partial charge in [-0.3, -0.25) is 0 Å². The highest BCUT2D eigenvalue weighted by atomic mass is 15.1. The van der Waals surface area contributed by atoms with E-state index in [9.17, 15) is 0 Å². The lowest BCUT2D eigenvalue weighted by atomic mass is 10.1. The Balaban J connectivity index is 0.000000304. The van der Waals surface area contributed by atoms with Crippen molar-refractivity contribution in [1.29, 1.82) is 0 Å². The minimum atomic E-state index is 1.24. The highest BCUT2D eigenvalue weighted by molar-refractivity contribution is 5.28. The molecular formula is C16H29N. The molecule has 0 amide bonds. The van der Waals surface area contributed by atoms with Crippen molar-refractivity contribution in [2.45, 2.75) is 47.5 Å². The molecule has 0 aliphatic carbocycles. The SMILES string of the molecule is CCCN(C)CCC.Cc1ccc(C)c(C)c1. The van der Waals surface area contributed by atoms with Crippen molar-refractivity contribution >= 4 is 0 Å². The number of nitrogens with zero attached hydrogens (tertiary/aromatic N) is 1. The molecule has 0 unspecified atom stereocenters. The zero-order valence-electron chi connectivity index (χ0n) is 12.5. The van der Waals surface area contributed by atoms with Gasteiger partial charge in [-0.05, 0) is 64.9 Å². The highest BCUT2D eigenvalue weighted by Crippen LogP contribution is 2.07. The summed E-state index contributed by atoms with van der Waals surface area (Å²) in [6.07, 6.45) is 2.55. The predicted molar refractivity (Wildman–Crippen MR) is 78.7 cm³/mol. The quantitative estimate of drug-likeness (QED) is 0.750. The summed E-state index contributed by atoms with van der Waals surface area (Å²) in [5, 5.41) is 0. The van der Waals surface area contributed by atoms with E-state index in [1.165, 1.54) is 42.6 Å². The van der Waals surface area contributed by atoms with Crippen LogP contribution in [0.15, 0.2) is 18.2 Å². The van der Waals surface area contributed by atoms with Gasteiger partial charge < -0.3 is 4.90 Å². The molecule has 0 saturated heterocycles. The number of hydrogen-bond acceptors (Lipinski definition) is 1. The van der Waals surface area contributed by atoms with Crippen LogP contribution in [0.1, 0.15) is 43.4 Å². The topological polar surface area (TPSA) is 3.24 Å². The predicted octanol–water partition coefficient (Wildman–Crippen LogP) is 4.35. The van der Waals surface area contributed by atoms with Gasteiger partial charge in [-0.2, -0.15) is 0 Å². The first kappa shape index (κ1) is 16.2. The maximum absolute atomic E-state index is 2.36. The van der Waals surface area contributed by atoms with Crippen LogP contribution in [0.4, 0.5) is 0 Å². The van der Waals surface area contributed by atoms with Gasteiger partial charge >= 0.3 is 0 Å². The lowest BCUT2D eigenvalue weighted by molar-refractivity contribution is 0.335. The first-order valence-corrected chi connectivity index (χ1v) is 6.73. The van der Waals surface area contributed by atoms with Crippen LogP contribution in [0.2, 0.25) is 0 Å². The van der Waals surface area contributed by atoms with Crippen molar-refractivity contribution in [3.05, 3.63) is 34.9 Å². The van der Waals surface area contributed by atoms with Crippen LogP contribution in [0.25, 0.3) is 0 Å². The first-order chi connectivity index (χ1) is 8.01. The van der Waals surface area contributed by atoms with Crippen LogP contribution in [0.3, 0.4) is 0 Å². The van der Waals surface area contributed by atoms with E-state index in [1.807, 2.05) is 0 Å². The third-order valence-corrected chi connectivity index (χ3v) is 2.87. The van der Waals surface area contributed by atoms with Gasteiger partial charge in [-0.1, -0.05) is 37.6 Å². The molecule has 0 fully saturated rings. The van der Waals surface area contributed by atoms with Gasteiger partial charge in [0.15, 0.2) is 0 Å². The van der Waals surface area contributed by atoms with Gasteiger partial charge in [-0.25, -0.2) is 0 Å². The van der Waals surface area contributed by atoms with Gasteiger partial charge in [0, 0.05) is 0 Å². The van der Waals surface area contributed by atoms with E-state index in [-0.39, 0.29) is 0 Å². The molecule has 1 rings (SSSR count). The van der Waals surface area contributed by atoms with Crippen LogP contribution >= 0.6 is 0 Å². The largest absolute Gasteiger partial charge is 0.306 e. The van der Waals surface area contributed by atoms with E-state index in [0.29, 0.717) is 0 Å². The molecule has 0 saturated carbocycles. The third kappa shape index (κ3) is 7.98. The molecule has 0 atom stereocenters. The van der Waals surface area contributed by atoms with Crippen molar-refractivity contribution in [1.82, 2.24) is 4.90 Å². The van der Waals surface area contributed by atoms with Crippen LogP contribution < -0.4 is 0 Å². The Morgan fingerprint density at radius 2 is 1.41 bits per heavy atom. The Morgan fingerprint density at radius 1 is 0.882 bits per heavy atom. The number of benzene rings is 1. The second-order valence-electron chi connectivity index (χ2n) is 4.89. The average Bonchev–Trinajstić information content (AvgIpc) is 2.26. The molecule has 0 spiro atoms. The van der Waals surface area contributed by atoms with Crippen LogP contribution in [-0.2, 0) is 0 Å². The lowest BCUT2D eigenvalue weighted by Gasteiger charge is -2.12. The summed E-state index contributed by atoms with van der Waals surface area (Å²) >= 11 is 0. The molecule has 0 aliphatic rings. The van der Waals surface area contributed by atoms with Crippen LogP contribution in [0.5, 0.6) is 0 Å². The van der Waals surface area contributed by atoms with E-state index in [4.69, 9.17) is 0 Å². The van der Waals surface area contributed by atoms with E-state index in [1.54, 1.807) is 0 Å². The lowest BCUT2D eigenvalue weighted by Crippen LogP contribution is -2.19. The monoisotopic (exact) mass is 235 g/mol. The Labute approximate surface area is 108 Å². The molecule has 0 radical (unpaired) electrons. The third-order valence-electron chi connectivity index (χ3n) is 2.87. The Kier molecular flexibility index (Phi) is 8.79. The zero-order valence-corrected chi connectivity index (χ0v) is 12.5. The molecule has 17 heavy (non-hydrogen) atoms. The molecule has 0 heterocycles. The van der Waals surface area contributed by atoms with Gasteiger partial charge in [0.1, 0.15) is 0 Å². The molecule has 0 bridgehead atoms. The van der Waals surface area contributed by atoms with E-state index in [2.05, 4.69) is 64.8 Å². The van der Waals surface area contributed by atoms with E-state index >= 15 is 0 Å². The summed E-state index contributed by atoms with van der Waals surface area (Å²) in [6, 6.07) is 6.50. The summed E-state index contributed by atoms with van der Waals surface area (Å²) in [7, 11) is 2.17. The first-order valence-electron chi connectivity index (χ1n) is 6.73. The normalized spacial score (nSPS) is 10.1. The molecule has 1 aromatic rings. The summed E-state index contributed by atoms with van der Waals surface area (Å²) in [5.74, 6) is 0. The van der Waals surface area contributed by atoms with Crippen molar-refractivity contribution in [2.24, 2.45) is 0 Å². The van der Waals surface area contributed by atoms with Gasteiger partial charge in [0.05, 0.1) is 0 Å². The van der Waals surface area contributed by atoms with Gasteiger partial charge in [0.2, 0.25) is 0 Å². The maximum Gasteiger partial charge on any atom is -0.00244 e. The van der Waals surface area contributed by atoms with Gasteiger partial charge in [0.25, 0.3) is 0 Å². The summed E-state index contributed by atoms with van der Waals surface area (Å²) in [5.41, 5.74) is 4.11. The van der Waals surface area contributed by atoms with Crippen molar-refractivity contribution in [3.8, 4) is 0 Å². The van der Waals surface area contributed by atoms with Crippen molar-refractivity contribution in [2.75, 3.05) is 20.1 Å². The van der Waals surface area contributed by atoms with E-state index in [0.717, 1.165) is 0 Å². The fraction of sp³-hybridized carbons (Fsp3) is 0.625. The smallest absolute Gasteiger partial charge is 0.00244 e. The second kappa shape index (κ2) is 9.23. The molecule has 1 aromatic carbocycles. The number of hydrogen-bond donors (Lipinski definition) is 0.